The average Bonchev–Trinajstić information content (AvgIpc) is 3.56. The summed E-state index contributed by atoms with van der Waals surface area (Å²) in [4.78, 5) is 34.4. The zero-order valence-corrected chi connectivity index (χ0v) is 25.9. The van der Waals surface area contributed by atoms with Gasteiger partial charge in [-0.3, -0.25) is 14.7 Å². The Morgan fingerprint density at radius 1 is 1.20 bits per heavy atom. The minimum Gasteiger partial charge on any atom is -0.447 e. The number of hydrazone groups is 1. The van der Waals surface area contributed by atoms with Crippen LogP contribution in [-0.4, -0.2) is 70.6 Å². The van der Waals surface area contributed by atoms with Crippen LogP contribution in [0.25, 0.3) is 11.3 Å². The number of alkyl carbamates (subject to hydrolysis) is 1. The van der Waals surface area contributed by atoms with Crippen molar-refractivity contribution in [1.82, 2.24) is 20.0 Å². The van der Waals surface area contributed by atoms with E-state index in [1.165, 1.54) is 18.2 Å². The minimum absolute atomic E-state index is 0.00304. The van der Waals surface area contributed by atoms with Crippen LogP contribution in [0.5, 0.6) is 0 Å². The molecule has 0 radical (unpaired) electrons. The smallest absolute Gasteiger partial charge is 0.411 e. The molecule has 3 N–H and O–H groups in total. The maximum atomic E-state index is 15.4. The summed E-state index contributed by atoms with van der Waals surface area (Å²) in [5, 5.41) is 8.79. The molecule has 21 heteroatoms. The highest BCUT2D eigenvalue weighted by Crippen LogP contribution is 2.49. The third-order valence-electron chi connectivity index (χ3n) is 7.74. The van der Waals surface area contributed by atoms with Crippen molar-refractivity contribution < 1.29 is 49.4 Å². The lowest BCUT2D eigenvalue weighted by atomic mass is 10.0. The van der Waals surface area contributed by atoms with E-state index in [1.807, 2.05) is 0 Å². The molecule has 0 bridgehead atoms. The molecule has 50 heavy (non-hydrogen) atoms. The molecule has 0 spiro atoms. The van der Waals surface area contributed by atoms with Gasteiger partial charge < -0.3 is 15.8 Å². The Kier molecular flexibility index (Phi) is 10.0. The lowest BCUT2D eigenvalue weighted by Gasteiger charge is -2.29. The number of nitrogens with one attached hydrogen (secondary N) is 1. The van der Waals surface area contributed by atoms with Crippen LogP contribution in [0.3, 0.4) is 0 Å². The third kappa shape index (κ3) is 7.19. The number of ether oxygens (including phenoxy) is 1. The first-order valence-corrected chi connectivity index (χ1v) is 14.6. The normalized spacial score (nSPS) is 17.7. The Bertz CT molecular complexity index is 1850. The van der Waals surface area contributed by atoms with Gasteiger partial charge in [0.1, 0.15) is 24.3 Å². The molecular formula is C29H24ClF8N9O3. The summed E-state index contributed by atoms with van der Waals surface area (Å²) in [5.41, 5.74) is 2.84. The van der Waals surface area contributed by atoms with Crippen LogP contribution in [0.4, 0.5) is 45.6 Å². The number of benzene rings is 2. The molecule has 2 aliphatic rings. The molecule has 3 aromatic rings. The molecule has 0 saturated heterocycles. The Hall–Kier alpha value is -5.27. The molecule has 1 aliphatic carbocycles. The maximum Gasteiger partial charge on any atom is 0.411 e. The molecule has 2 amide bonds. The van der Waals surface area contributed by atoms with E-state index in [0.717, 1.165) is 35.4 Å². The highest BCUT2D eigenvalue weighted by molar-refractivity contribution is 6.33. The summed E-state index contributed by atoms with van der Waals surface area (Å²) >= 11 is 6.17. The van der Waals surface area contributed by atoms with Gasteiger partial charge in [0.2, 0.25) is 0 Å². The maximum absolute atomic E-state index is 15.4. The van der Waals surface area contributed by atoms with Gasteiger partial charge in [-0.05, 0) is 49.4 Å². The number of carbonyl (C=O) groups excluding carboxylic acids is 2. The Morgan fingerprint density at radius 3 is 2.50 bits per heavy atom. The number of nitrogens with zero attached hydrogens (tertiary/aromatic N) is 7. The van der Waals surface area contributed by atoms with E-state index in [4.69, 9.17) is 22.1 Å². The molecule has 1 fully saturated rings. The first-order chi connectivity index (χ1) is 23.6. The predicted octanol–water partition coefficient (Wildman–Crippen LogP) is 6.17. The predicted molar refractivity (Wildman–Crippen MR) is 163 cm³/mol. The molecule has 1 saturated carbocycles. The number of guanidine groups is 1. The van der Waals surface area contributed by atoms with Gasteiger partial charge in [-0.15, -0.1) is 0 Å². The lowest BCUT2D eigenvalue weighted by molar-refractivity contribution is -0.164. The second-order valence-electron chi connectivity index (χ2n) is 10.9. The second kappa shape index (κ2) is 13.9. The molecule has 12 nitrogen and oxygen atoms in total. The highest BCUT2D eigenvalue weighted by Gasteiger charge is 2.64. The number of hydrogen-bond donors (Lipinski definition) is 2. The van der Waals surface area contributed by atoms with Crippen LogP contribution in [-0.2, 0) is 9.53 Å². The van der Waals surface area contributed by atoms with Crippen LogP contribution in [0.2, 0.25) is 5.02 Å². The lowest BCUT2D eigenvalue weighted by Crippen LogP contribution is -2.49. The molecule has 1 aromatic heterocycles. The summed E-state index contributed by atoms with van der Waals surface area (Å²) in [5.74, 6) is -2.57. The average molecular weight is 734 g/mol. The van der Waals surface area contributed by atoms with E-state index in [9.17, 15) is 40.3 Å². The number of hydrogen-bond acceptors (Lipinski definition) is 8. The van der Waals surface area contributed by atoms with Gasteiger partial charge in [-0.1, -0.05) is 29.8 Å². The fraction of sp³-hybridized carbons (Fsp3) is 0.310. The van der Waals surface area contributed by atoms with Gasteiger partial charge in [-0.2, -0.15) is 40.9 Å². The van der Waals surface area contributed by atoms with Gasteiger partial charge in [0.05, 0.1) is 22.4 Å². The quantitative estimate of drug-likeness (QED) is 0.0750. The SMILES string of the molecule is C=N/C=N\N(c1cc(C(COC(=O)NC2(C(F)(F)F)CC2)N2C(=O)C(c3ccc(-c4ccn(C(F)F)n4)cc3F)N=C2N)ccc1Cl)C(F)F. The van der Waals surface area contributed by atoms with Crippen LogP contribution >= 0.6 is 11.6 Å². The fourth-order valence-electron chi connectivity index (χ4n) is 5.05. The minimum atomic E-state index is -4.78. The van der Waals surface area contributed by atoms with Gasteiger partial charge in [0.15, 0.2) is 12.0 Å². The van der Waals surface area contributed by atoms with Gasteiger partial charge in [0, 0.05) is 17.3 Å². The Balaban J connectivity index is 1.48. The molecule has 2 heterocycles. The van der Waals surface area contributed by atoms with Crippen molar-refractivity contribution >= 4 is 48.3 Å². The first-order valence-electron chi connectivity index (χ1n) is 14.2. The summed E-state index contributed by atoms with van der Waals surface area (Å²) in [7, 11) is 0. The number of amides is 2. The summed E-state index contributed by atoms with van der Waals surface area (Å²) in [6.07, 6.45) is -5.42. The van der Waals surface area contributed by atoms with Gasteiger partial charge >= 0.3 is 25.4 Å². The Morgan fingerprint density at radius 2 is 1.92 bits per heavy atom. The summed E-state index contributed by atoms with van der Waals surface area (Å²) in [6, 6.07) is 4.79. The molecule has 2 unspecified atom stereocenters. The van der Waals surface area contributed by atoms with E-state index in [2.05, 4.69) is 26.9 Å². The van der Waals surface area contributed by atoms with Crippen molar-refractivity contribution in [1.29, 1.82) is 0 Å². The number of aromatic nitrogens is 2. The largest absolute Gasteiger partial charge is 0.447 e. The van der Waals surface area contributed by atoms with E-state index >= 15 is 4.39 Å². The molecule has 266 valence electrons. The van der Waals surface area contributed by atoms with Gasteiger partial charge in [-0.25, -0.2) is 23.9 Å². The summed E-state index contributed by atoms with van der Waals surface area (Å²) < 4.78 is 115. The van der Waals surface area contributed by atoms with Crippen molar-refractivity contribution in [2.45, 2.75) is 49.7 Å². The van der Waals surface area contributed by atoms with E-state index < -0.39 is 85.8 Å². The zero-order chi connectivity index (χ0) is 36.5. The first kappa shape index (κ1) is 36.0. The molecule has 2 atom stereocenters. The second-order valence-corrected chi connectivity index (χ2v) is 11.3. The van der Waals surface area contributed by atoms with E-state index in [-0.39, 0.29) is 32.4 Å². The van der Waals surface area contributed by atoms with Crippen LogP contribution in [0.15, 0.2) is 63.7 Å². The zero-order valence-electron chi connectivity index (χ0n) is 25.2. The van der Waals surface area contributed by atoms with Gasteiger partial charge in [0.25, 0.3) is 5.91 Å². The van der Waals surface area contributed by atoms with Crippen molar-refractivity contribution in [3.8, 4) is 11.3 Å². The molecule has 2 aromatic carbocycles. The number of rotatable bonds is 12. The number of nitrogens with two attached hydrogens (primary N) is 1. The van der Waals surface area contributed by atoms with Crippen molar-refractivity contribution in [3.05, 3.63) is 70.6 Å². The van der Waals surface area contributed by atoms with Crippen LogP contribution in [0.1, 0.15) is 42.6 Å². The molecule has 1 aliphatic heterocycles. The standard InChI is InChI=1S/C29H24ClF8N9O3/c1-40-13-41-47(25(34)35)20-11-15(3-5-17(20)30)21(12-50-27(49)43-28(7-8-28)29(36,37)38)46-23(48)22(42-26(46)39)16-4-2-14(10-18(16)31)19-6-9-45(44-19)24(32)33/h2-6,9-11,13,21-22,24-25H,1,7-8,12H2,(H2,39,42)(H,43,49)/b41-13-. The van der Waals surface area contributed by atoms with Crippen LogP contribution < -0.4 is 16.1 Å². The van der Waals surface area contributed by atoms with E-state index in [0.29, 0.717) is 11.0 Å². The van der Waals surface area contributed by atoms with Crippen molar-refractivity contribution in [3.63, 3.8) is 0 Å². The van der Waals surface area contributed by atoms with E-state index in [1.54, 1.807) is 5.32 Å². The summed E-state index contributed by atoms with van der Waals surface area (Å²) in [6.45, 7) is -4.00. The Labute approximate surface area is 281 Å². The molecule has 5 rings (SSSR count). The number of halogens is 9. The van der Waals surface area contributed by atoms with Crippen LogP contribution in [0, 0.1) is 5.82 Å². The topological polar surface area (TPSA) is 143 Å². The highest BCUT2D eigenvalue weighted by atomic mass is 35.5. The number of carbonyl (C=O) groups is 2. The molecular weight excluding hydrogens is 710 g/mol. The van der Waals surface area contributed by atoms with Crippen molar-refractivity contribution in [2.75, 3.05) is 11.6 Å². The number of alkyl halides is 7. The third-order valence-corrected chi connectivity index (χ3v) is 8.06. The monoisotopic (exact) mass is 733 g/mol. The number of aliphatic imine (C=N–C) groups is 2. The van der Waals surface area contributed by atoms with Crippen molar-refractivity contribution in [2.24, 2.45) is 20.8 Å². The fourth-order valence-corrected chi connectivity index (χ4v) is 5.26. The number of anilines is 1.